The second kappa shape index (κ2) is 7.40. The first-order valence-corrected chi connectivity index (χ1v) is 7.74. The number of hydrogen-bond acceptors (Lipinski definition) is 3. The molecule has 4 nitrogen and oxygen atoms in total. The number of nitrogens with one attached hydrogen (secondary N) is 1. The maximum atomic E-state index is 13.0. The van der Waals surface area contributed by atoms with E-state index in [2.05, 4.69) is 4.72 Å². The summed E-state index contributed by atoms with van der Waals surface area (Å²) in [6.45, 7) is 0.441. The normalized spacial score (nSPS) is 13.5. The van der Waals surface area contributed by atoms with Crippen molar-refractivity contribution in [3.05, 3.63) is 29.0 Å². The molecule has 108 valence electrons. The SMILES string of the molecule is COCC(Cl)CCNS(=O)(=O)c1cc(F)ccc1Cl. The first-order valence-electron chi connectivity index (χ1n) is 5.44. The van der Waals surface area contributed by atoms with Gasteiger partial charge >= 0.3 is 0 Å². The van der Waals surface area contributed by atoms with E-state index in [1.54, 1.807) is 0 Å². The van der Waals surface area contributed by atoms with E-state index in [1.165, 1.54) is 13.2 Å². The summed E-state index contributed by atoms with van der Waals surface area (Å²) in [5.74, 6) is -0.667. The van der Waals surface area contributed by atoms with Crippen molar-refractivity contribution in [2.75, 3.05) is 20.3 Å². The standard InChI is InChI=1S/C11H14Cl2FNO3S/c1-18-7-8(12)4-5-15-19(16,17)11-6-9(14)2-3-10(11)13/h2-3,6,8,15H,4-5,7H2,1H3. The first kappa shape index (κ1) is 16.7. The molecule has 0 heterocycles. The molecular formula is C11H14Cl2FNO3S. The van der Waals surface area contributed by atoms with Crippen LogP contribution in [0, 0.1) is 5.82 Å². The van der Waals surface area contributed by atoms with E-state index >= 15 is 0 Å². The van der Waals surface area contributed by atoms with Crippen molar-refractivity contribution >= 4 is 33.2 Å². The van der Waals surface area contributed by atoms with Gasteiger partial charge < -0.3 is 4.74 Å². The van der Waals surface area contributed by atoms with Gasteiger partial charge in [0.05, 0.1) is 17.0 Å². The molecule has 0 fully saturated rings. The summed E-state index contributed by atoms with van der Waals surface area (Å²) in [6.07, 6.45) is 0.390. The second-order valence-corrected chi connectivity index (χ2v) is 6.57. The lowest BCUT2D eigenvalue weighted by Gasteiger charge is -2.10. The topological polar surface area (TPSA) is 55.4 Å². The van der Waals surface area contributed by atoms with Gasteiger partial charge in [-0.2, -0.15) is 0 Å². The third-order valence-corrected chi connectivity index (χ3v) is 4.57. The zero-order chi connectivity index (χ0) is 14.5. The van der Waals surface area contributed by atoms with Gasteiger partial charge in [0.15, 0.2) is 0 Å². The van der Waals surface area contributed by atoms with Crippen molar-refractivity contribution in [2.24, 2.45) is 0 Å². The van der Waals surface area contributed by atoms with Crippen molar-refractivity contribution in [1.29, 1.82) is 0 Å². The quantitative estimate of drug-likeness (QED) is 0.781. The summed E-state index contributed by atoms with van der Waals surface area (Å²) in [5.41, 5.74) is 0. The fraction of sp³-hybridized carbons (Fsp3) is 0.455. The van der Waals surface area contributed by atoms with Crippen LogP contribution in [0.1, 0.15) is 6.42 Å². The van der Waals surface area contributed by atoms with Crippen molar-refractivity contribution in [3.63, 3.8) is 0 Å². The molecule has 0 aromatic heterocycles. The Bertz CT molecular complexity index is 525. The number of halogens is 3. The van der Waals surface area contributed by atoms with E-state index in [0.717, 1.165) is 12.1 Å². The number of methoxy groups -OCH3 is 1. The number of alkyl halides is 1. The maximum Gasteiger partial charge on any atom is 0.242 e. The van der Waals surface area contributed by atoms with E-state index in [-0.39, 0.29) is 21.8 Å². The van der Waals surface area contributed by atoms with Crippen LogP contribution in [-0.4, -0.2) is 34.1 Å². The molecule has 1 rings (SSSR count). The third kappa shape index (κ3) is 5.24. The molecule has 0 saturated carbocycles. The zero-order valence-corrected chi connectivity index (χ0v) is 12.5. The van der Waals surface area contributed by atoms with Crippen LogP contribution in [0.4, 0.5) is 4.39 Å². The molecule has 1 atom stereocenters. The van der Waals surface area contributed by atoms with Crippen LogP contribution in [0.25, 0.3) is 0 Å². The van der Waals surface area contributed by atoms with E-state index in [1.807, 2.05) is 0 Å². The van der Waals surface area contributed by atoms with Gasteiger partial charge in [0.1, 0.15) is 10.7 Å². The molecular weight excluding hydrogens is 316 g/mol. The Morgan fingerprint density at radius 2 is 2.16 bits per heavy atom. The highest BCUT2D eigenvalue weighted by atomic mass is 35.5. The highest BCUT2D eigenvalue weighted by Gasteiger charge is 2.18. The summed E-state index contributed by atoms with van der Waals surface area (Å²) in [4.78, 5) is -0.285. The minimum atomic E-state index is -3.85. The van der Waals surface area contributed by atoms with Gasteiger partial charge in [-0.3, -0.25) is 0 Å². The van der Waals surface area contributed by atoms with Crippen LogP contribution in [0.5, 0.6) is 0 Å². The minimum absolute atomic E-state index is 0.0341. The Morgan fingerprint density at radius 1 is 1.47 bits per heavy atom. The van der Waals surface area contributed by atoms with E-state index in [9.17, 15) is 12.8 Å². The maximum absolute atomic E-state index is 13.0. The molecule has 1 N–H and O–H groups in total. The lowest BCUT2D eigenvalue weighted by Crippen LogP contribution is -2.27. The van der Waals surface area contributed by atoms with Crippen LogP contribution < -0.4 is 4.72 Å². The van der Waals surface area contributed by atoms with Gasteiger partial charge in [-0.05, 0) is 24.6 Å². The molecule has 0 radical (unpaired) electrons. The lowest BCUT2D eigenvalue weighted by atomic mass is 10.3. The van der Waals surface area contributed by atoms with Gasteiger partial charge in [-0.15, -0.1) is 11.6 Å². The summed E-state index contributed by atoms with van der Waals surface area (Å²) in [6, 6.07) is 3.16. The van der Waals surface area contributed by atoms with Gasteiger partial charge in [0, 0.05) is 13.7 Å². The Labute approximate surface area is 121 Å². The summed E-state index contributed by atoms with van der Waals surface area (Å²) in [7, 11) is -2.34. The fourth-order valence-corrected chi connectivity index (χ4v) is 3.17. The molecule has 0 saturated heterocycles. The Kier molecular flexibility index (Phi) is 6.49. The van der Waals surface area contributed by atoms with Crippen molar-refractivity contribution in [2.45, 2.75) is 16.7 Å². The van der Waals surface area contributed by atoms with Crippen LogP contribution in [0.15, 0.2) is 23.1 Å². The molecule has 1 aromatic carbocycles. The van der Waals surface area contributed by atoms with E-state index < -0.39 is 15.8 Å². The summed E-state index contributed by atoms with van der Waals surface area (Å²) in [5, 5.41) is -0.330. The van der Waals surface area contributed by atoms with E-state index in [0.29, 0.717) is 13.0 Å². The molecule has 0 aliphatic carbocycles. The zero-order valence-electron chi connectivity index (χ0n) is 10.2. The Morgan fingerprint density at radius 3 is 2.79 bits per heavy atom. The van der Waals surface area contributed by atoms with Gasteiger partial charge in [0.25, 0.3) is 0 Å². The smallest absolute Gasteiger partial charge is 0.242 e. The molecule has 8 heteroatoms. The van der Waals surface area contributed by atoms with Crippen molar-refractivity contribution in [3.8, 4) is 0 Å². The third-order valence-electron chi connectivity index (χ3n) is 2.28. The summed E-state index contributed by atoms with van der Waals surface area (Å²) < 4.78 is 44.0. The van der Waals surface area contributed by atoms with Crippen LogP contribution >= 0.6 is 23.2 Å². The number of sulfonamides is 1. The highest BCUT2D eigenvalue weighted by Crippen LogP contribution is 2.21. The predicted molar refractivity (Wildman–Crippen MR) is 72.7 cm³/mol. The van der Waals surface area contributed by atoms with Gasteiger partial charge in [-0.25, -0.2) is 17.5 Å². The van der Waals surface area contributed by atoms with Crippen molar-refractivity contribution < 1.29 is 17.5 Å². The molecule has 0 bridgehead atoms. The number of benzene rings is 1. The van der Waals surface area contributed by atoms with Crippen LogP contribution in [-0.2, 0) is 14.8 Å². The average Bonchev–Trinajstić information content (AvgIpc) is 2.32. The Hall–Kier alpha value is -0.400. The minimum Gasteiger partial charge on any atom is -0.383 e. The molecule has 19 heavy (non-hydrogen) atoms. The molecule has 0 amide bonds. The largest absolute Gasteiger partial charge is 0.383 e. The molecule has 1 aromatic rings. The van der Waals surface area contributed by atoms with Crippen LogP contribution in [0.2, 0.25) is 5.02 Å². The molecule has 0 spiro atoms. The molecule has 0 aliphatic heterocycles. The number of hydrogen-bond donors (Lipinski definition) is 1. The lowest BCUT2D eigenvalue weighted by molar-refractivity contribution is 0.196. The van der Waals surface area contributed by atoms with E-state index in [4.69, 9.17) is 27.9 Å². The molecule has 1 unspecified atom stereocenters. The predicted octanol–water partition coefficient (Wildman–Crippen LogP) is 2.40. The molecule has 0 aliphatic rings. The number of rotatable bonds is 7. The van der Waals surface area contributed by atoms with Crippen LogP contribution in [0.3, 0.4) is 0 Å². The highest BCUT2D eigenvalue weighted by molar-refractivity contribution is 7.89. The fourth-order valence-electron chi connectivity index (χ4n) is 1.37. The average molecular weight is 330 g/mol. The number of ether oxygens (including phenoxy) is 1. The van der Waals surface area contributed by atoms with Gasteiger partial charge in [0.2, 0.25) is 10.0 Å². The van der Waals surface area contributed by atoms with Gasteiger partial charge in [-0.1, -0.05) is 11.6 Å². The first-order chi connectivity index (χ1) is 8.86. The second-order valence-electron chi connectivity index (χ2n) is 3.81. The Balaban J connectivity index is 2.68. The monoisotopic (exact) mass is 329 g/mol. The summed E-state index contributed by atoms with van der Waals surface area (Å²) >= 11 is 11.6. The van der Waals surface area contributed by atoms with Crippen molar-refractivity contribution in [1.82, 2.24) is 4.72 Å².